The SMILES string of the molecule is O=C(O)c1cnn(-c2cccc(-c3cccc(Cl)c3OCc3ccc(C4CCCN(C(=O)C5CC5)C4)cc3)n2)c1C(F)(F)F. The topological polar surface area (TPSA) is 97.5 Å². The smallest absolute Gasteiger partial charge is 0.434 e. The molecule has 2 fully saturated rings. The van der Waals surface area contributed by atoms with Gasteiger partial charge in [-0.1, -0.05) is 48.0 Å². The number of piperidine rings is 1. The number of likely N-dealkylation sites (tertiary alicyclic amines) is 1. The van der Waals surface area contributed by atoms with E-state index in [9.17, 15) is 27.9 Å². The van der Waals surface area contributed by atoms with E-state index < -0.39 is 23.4 Å². The predicted molar refractivity (Wildman–Crippen MR) is 156 cm³/mol. The van der Waals surface area contributed by atoms with Crippen molar-refractivity contribution in [1.29, 1.82) is 0 Å². The number of carbonyl (C=O) groups excluding carboxylic acids is 1. The zero-order valence-electron chi connectivity index (χ0n) is 23.4. The molecule has 1 aliphatic heterocycles. The number of hydrogen-bond donors (Lipinski definition) is 1. The van der Waals surface area contributed by atoms with Gasteiger partial charge in [0.05, 0.1) is 16.9 Å². The van der Waals surface area contributed by atoms with E-state index in [2.05, 4.69) is 22.2 Å². The largest absolute Gasteiger partial charge is 0.487 e. The number of ether oxygens (including phenoxy) is 1. The van der Waals surface area contributed by atoms with E-state index in [1.54, 1.807) is 24.3 Å². The van der Waals surface area contributed by atoms with Gasteiger partial charge in [0.2, 0.25) is 5.91 Å². The molecule has 4 aromatic rings. The number of aromatic carboxylic acids is 1. The lowest BCUT2D eigenvalue weighted by Crippen LogP contribution is -2.39. The molecule has 12 heteroatoms. The van der Waals surface area contributed by atoms with Crippen LogP contribution in [-0.4, -0.2) is 49.7 Å². The van der Waals surface area contributed by atoms with Crippen LogP contribution < -0.4 is 4.74 Å². The van der Waals surface area contributed by atoms with Crippen molar-refractivity contribution in [3.63, 3.8) is 0 Å². The van der Waals surface area contributed by atoms with Crippen molar-refractivity contribution in [2.24, 2.45) is 5.92 Å². The number of pyridine rings is 1. The van der Waals surface area contributed by atoms with Gasteiger partial charge < -0.3 is 14.7 Å². The maximum atomic E-state index is 13.8. The minimum absolute atomic E-state index is 0.174. The van der Waals surface area contributed by atoms with Crippen LogP contribution in [0.3, 0.4) is 0 Å². The summed E-state index contributed by atoms with van der Waals surface area (Å²) < 4.78 is 48.0. The Labute approximate surface area is 256 Å². The third-order valence-electron chi connectivity index (χ3n) is 7.96. The second-order valence-electron chi connectivity index (χ2n) is 11.0. The van der Waals surface area contributed by atoms with E-state index in [1.807, 2.05) is 17.0 Å². The average Bonchev–Trinajstić information content (AvgIpc) is 3.76. The van der Waals surface area contributed by atoms with E-state index in [0.29, 0.717) is 22.2 Å². The van der Waals surface area contributed by atoms with Crippen molar-refractivity contribution in [2.75, 3.05) is 13.1 Å². The highest BCUT2D eigenvalue weighted by Gasteiger charge is 2.41. The monoisotopic (exact) mass is 624 g/mol. The molecule has 0 radical (unpaired) electrons. The summed E-state index contributed by atoms with van der Waals surface area (Å²) in [7, 11) is 0. The molecule has 1 atom stereocenters. The van der Waals surface area contributed by atoms with Crippen LogP contribution in [0, 0.1) is 5.92 Å². The van der Waals surface area contributed by atoms with Crippen molar-refractivity contribution >= 4 is 23.5 Å². The average molecular weight is 625 g/mol. The van der Waals surface area contributed by atoms with Crippen molar-refractivity contribution in [3.8, 4) is 22.8 Å². The summed E-state index contributed by atoms with van der Waals surface area (Å²) in [5, 5.41) is 13.2. The molecule has 6 rings (SSSR count). The number of benzene rings is 2. The molecule has 3 heterocycles. The minimum Gasteiger partial charge on any atom is -0.487 e. The van der Waals surface area contributed by atoms with Gasteiger partial charge >= 0.3 is 12.1 Å². The summed E-state index contributed by atoms with van der Waals surface area (Å²) in [5.74, 6) is -0.882. The number of amides is 1. The maximum absolute atomic E-state index is 13.8. The Bertz CT molecular complexity index is 1700. The van der Waals surface area contributed by atoms with Gasteiger partial charge in [-0.05, 0) is 61.1 Å². The van der Waals surface area contributed by atoms with E-state index in [4.69, 9.17) is 16.3 Å². The lowest BCUT2D eigenvalue weighted by Gasteiger charge is -2.33. The molecule has 0 bridgehead atoms. The molecule has 8 nitrogen and oxygen atoms in total. The highest BCUT2D eigenvalue weighted by Crippen LogP contribution is 2.38. The highest BCUT2D eigenvalue weighted by atomic mass is 35.5. The van der Waals surface area contributed by atoms with Crippen LogP contribution in [0.5, 0.6) is 5.75 Å². The van der Waals surface area contributed by atoms with Gasteiger partial charge in [0.15, 0.2) is 11.5 Å². The third-order valence-corrected chi connectivity index (χ3v) is 8.25. The Kier molecular flexibility index (Phi) is 8.06. The van der Waals surface area contributed by atoms with E-state index in [0.717, 1.165) is 44.3 Å². The molecule has 1 saturated carbocycles. The lowest BCUT2D eigenvalue weighted by molar-refractivity contribution is -0.143. The maximum Gasteiger partial charge on any atom is 0.434 e. The quantitative estimate of drug-likeness (QED) is 0.227. The van der Waals surface area contributed by atoms with Crippen molar-refractivity contribution in [2.45, 2.75) is 44.4 Å². The Morgan fingerprint density at radius 2 is 1.77 bits per heavy atom. The van der Waals surface area contributed by atoms with Crippen molar-refractivity contribution in [3.05, 3.63) is 94.3 Å². The molecule has 1 aliphatic carbocycles. The van der Waals surface area contributed by atoms with Gasteiger partial charge in [0.1, 0.15) is 17.9 Å². The first-order valence-corrected chi connectivity index (χ1v) is 14.6. The van der Waals surface area contributed by atoms with Gasteiger partial charge in [-0.15, -0.1) is 0 Å². The number of nitrogens with zero attached hydrogens (tertiary/aromatic N) is 4. The number of carboxylic acids is 1. The number of hydrogen-bond acceptors (Lipinski definition) is 5. The molecule has 44 heavy (non-hydrogen) atoms. The Hall–Kier alpha value is -4.38. The molecule has 1 saturated heterocycles. The summed E-state index contributed by atoms with van der Waals surface area (Å²) in [4.78, 5) is 30.3. The van der Waals surface area contributed by atoms with Crippen molar-refractivity contribution in [1.82, 2.24) is 19.7 Å². The second-order valence-corrected chi connectivity index (χ2v) is 11.5. The van der Waals surface area contributed by atoms with E-state index in [-0.39, 0.29) is 40.9 Å². The first kappa shape index (κ1) is 29.7. The second kappa shape index (κ2) is 12.0. The first-order chi connectivity index (χ1) is 21.1. The summed E-state index contributed by atoms with van der Waals surface area (Å²) in [6, 6.07) is 17.4. The van der Waals surface area contributed by atoms with Gasteiger partial charge in [0.25, 0.3) is 0 Å². The van der Waals surface area contributed by atoms with Crippen LogP contribution in [0.15, 0.2) is 66.9 Å². The van der Waals surface area contributed by atoms with Gasteiger partial charge in [-0.2, -0.15) is 18.3 Å². The number of rotatable bonds is 8. The van der Waals surface area contributed by atoms with Crippen LogP contribution in [0.2, 0.25) is 5.02 Å². The van der Waals surface area contributed by atoms with Crippen molar-refractivity contribution < 1.29 is 32.6 Å². The number of alkyl halides is 3. The zero-order chi connectivity index (χ0) is 31.0. The number of para-hydroxylation sites is 1. The normalized spacial score (nSPS) is 17.0. The molecule has 2 aromatic heterocycles. The predicted octanol–water partition coefficient (Wildman–Crippen LogP) is 7.00. The third kappa shape index (κ3) is 6.14. The fourth-order valence-electron chi connectivity index (χ4n) is 5.58. The number of aromatic nitrogens is 3. The van der Waals surface area contributed by atoms with Crippen LogP contribution in [0.4, 0.5) is 13.2 Å². The molecule has 2 aliphatic rings. The number of carbonyl (C=O) groups is 2. The Balaban J connectivity index is 1.21. The number of halogens is 4. The standard InChI is InChI=1S/C32H28ClF3N4O4/c33-25-6-1-5-23(26-7-2-8-27(38-26)40-29(32(34,35)36)24(16-37-40)31(42)43)28(25)44-18-19-9-11-20(12-10-19)22-4-3-15-39(17-22)30(41)21-13-14-21/h1-2,5-12,16,21-22H,3-4,13-15,17-18H2,(H,42,43). The molecule has 1 N–H and O–H groups in total. The summed E-state index contributed by atoms with van der Waals surface area (Å²) >= 11 is 6.50. The van der Waals surface area contributed by atoms with E-state index >= 15 is 0 Å². The minimum atomic E-state index is -4.98. The lowest BCUT2D eigenvalue weighted by atomic mass is 9.90. The molecule has 1 unspecified atom stereocenters. The van der Waals surface area contributed by atoms with Crippen LogP contribution >= 0.6 is 11.6 Å². The summed E-state index contributed by atoms with van der Waals surface area (Å²) in [6.07, 6.45) is -0.319. The Morgan fingerprint density at radius 3 is 2.48 bits per heavy atom. The number of carboxylic acid groups (broad SMARTS) is 1. The molecule has 0 spiro atoms. The van der Waals surface area contributed by atoms with Crippen LogP contribution in [0.25, 0.3) is 17.1 Å². The molecular weight excluding hydrogens is 597 g/mol. The van der Waals surface area contributed by atoms with Gasteiger partial charge in [0, 0.05) is 30.5 Å². The van der Waals surface area contributed by atoms with Crippen LogP contribution in [-0.2, 0) is 17.6 Å². The van der Waals surface area contributed by atoms with Crippen LogP contribution in [0.1, 0.15) is 58.8 Å². The highest BCUT2D eigenvalue weighted by molar-refractivity contribution is 6.32. The summed E-state index contributed by atoms with van der Waals surface area (Å²) in [5.41, 5.74) is 0.349. The molecule has 2 aromatic carbocycles. The zero-order valence-corrected chi connectivity index (χ0v) is 24.2. The first-order valence-electron chi connectivity index (χ1n) is 14.3. The van der Waals surface area contributed by atoms with E-state index in [1.165, 1.54) is 17.7 Å². The van der Waals surface area contributed by atoms with Gasteiger partial charge in [-0.3, -0.25) is 4.79 Å². The molecule has 1 amide bonds. The van der Waals surface area contributed by atoms with Gasteiger partial charge in [-0.25, -0.2) is 14.5 Å². The molecule has 228 valence electrons. The molecular formula is C32H28ClF3N4O4. The summed E-state index contributed by atoms with van der Waals surface area (Å²) in [6.45, 7) is 1.73. The fraction of sp³-hybridized carbons (Fsp3) is 0.312. The fourth-order valence-corrected chi connectivity index (χ4v) is 5.81. The Morgan fingerprint density at radius 1 is 1.02 bits per heavy atom.